The molecule has 26 heavy (non-hydrogen) atoms. The van der Waals surface area contributed by atoms with Crippen LogP contribution in [0.5, 0.6) is 5.75 Å². The van der Waals surface area contributed by atoms with Gasteiger partial charge in [-0.05, 0) is 49.0 Å². The zero-order chi connectivity index (χ0) is 18.7. The summed E-state index contributed by atoms with van der Waals surface area (Å²) < 4.78 is 5.20. The average molecular weight is 388 g/mol. The number of methoxy groups -OCH3 is 1. The fourth-order valence-electron chi connectivity index (χ4n) is 2.83. The van der Waals surface area contributed by atoms with Gasteiger partial charge in [-0.1, -0.05) is 35.9 Å². The Kier molecular flexibility index (Phi) is 5.44. The first-order valence-corrected chi connectivity index (χ1v) is 8.76. The van der Waals surface area contributed by atoms with Gasteiger partial charge in [0.15, 0.2) is 5.11 Å². The van der Waals surface area contributed by atoms with E-state index >= 15 is 0 Å². The number of benzene rings is 2. The van der Waals surface area contributed by atoms with E-state index in [4.69, 9.17) is 28.6 Å². The molecule has 0 saturated heterocycles. The Hall–Kier alpha value is -2.57. The highest BCUT2D eigenvalue weighted by Crippen LogP contribution is 2.32. The quantitative estimate of drug-likeness (QED) is 0.697. The molecule has 0 bridgehead atoms. The van der Waals surface area contributed by atoms with Crippen LogP contribution in [-0.4, -0.2) is 18.1 Å². The van der Waals surface area contributed by atoms with Gasteiger partial charge >= 0.3 is 0 Å². The second-order valence-corrected chi connectivity index (χ2v) is 6.60. The first-order chi connectivity index (χ1) is 12.5. The lowest BCUT2D eigenvalue weighted by Crippen LogP contribution is -2.45. The number of nitrogens with one attached hydrogen (secondary N) is 3. The zero-order valence-corrected chi connectivity index (χ0v) is 15.9. The maximum absolute atomic E-state index is 12.9. The number of anilines is 1. The summed E-state index contributed by atoms with van der Waals surface area (Å²) in [6, 6.07) is 14.3. The normalized spacial score (nSPS) is 16.6. The monoisotopic (exact) mass is 387 g/mol. The van der Waals surface area contributed by atoms with Gasteiger partial charge in [0.25, 0.3) is 5.91 Å². The molecule has 0 aliphatic carbocycles. The summed E-state index contributed by atoms with van der Waals surface area (Å²) in [5, 5.41) is 10.0. The van der Waals surface area contributed by atoms with Crippen molar-refractivity contribution in [2.24, 2.45) is 0 Å². The van der Waals surface area contributed by atoms with Crippen molar-refractivity contribution < 1.29 is 9.53 Å². The van der Waals surface area contributed by atoms with Gasteiger partial charge in [-0.15, -0.1) is 0 Å². The number of halogens is 1. The zero-order valence-electron chi connectivity index (χ0n) is 14.3. The van der Waals surface area contributed by atoms with Crippen LogP contribution in [0.3, 0.4) is 0 Å². The van der Waals surface area contributed by atoms with Crippen molar-refractivity contribution in [3.05, 3.63) is 70.4 Å². The molecule has 1 heterocycles. The molecule has 1 atom stereocenters. The van der Waals surface area contributed by atoms with Gasteiger partial charge in [-0.3, -0.25) is 4.79 Å². The summed E-state index contributed by atoms with van der Waals surface area (Å²) in [6.07, 6.45) is 0. The highest BCUT2D eigenvalue weighted by atomic mass is 35.5. The third kappa shape index (κ3) is 3.81. The lowest BCUT2D eigenvalue weighted by molar-refractivity contribution is -0.113. The van der Waals surface area contributed by atoms with Gasteiger partial charge in [-0.25, -0.2) is 0 Å². The highest BCUT2D eigenvalue weighted by Gasteiger charge is 2.30. The standard InChI is InChI=1S/C19H18ClN3O2S/c1-11-16(18(24)22-13-6-4-3-5-7-13)17(23-19(26)21-11)12-8-9-15(25-2)14(20)10-12/h3-10,17H,1-2H3,(H,22,24)(H2,21,23,26)/t17-/m1/s1. The molecule has 0 aromatic heterocycles. The summed E-state index contributed by atoms with van der Waals surface area (Å²) in [5.41, 5.74) is 2.78. The third-order valence-electron chi connectivity index (χ3n) is 4.05. The number of ether oxygens (including phenoxy) is 1. The largest absolute Gasteiger partial charge is 0.495 e. The van der Waals surface area contributed by atoms with Gasteiger partial charge in [0.2, 0.25) is 0 Å². The van der Waals surface area contributed by atoms with E-state index in [-0.39, 0.29) is 5.91 Å². The SMILES string of the molecule is COc1ccc([C@H]2NC(=S)NC(C)=C2C(=O)Nc2ccccc2)cc1Cl. The molecule has 1 aliphatic heterocycles. The molecular formula is C19H18ClN3O2S. The number of hydrogen-bond acceptors (Lipinski definition) is 3. The Morgan fingerprint density at radius 2 is 1.96 bits per heavy atom. The van der Waals surface area contributed by atoms with Gasteiger partial charge < -0.3 is 20.7 Å². The fraction of sp³-hybridized carbons (Fsp3) is 0.158. The van der Waals surface area contributed by atoms with Crippen LogP contribution in [0.1, 0.15) is 18.5 Å². The van der Waals surface area contributed by atoms with E-state index in [9.17, 15) is 4.79 Å². The minimum Gasteiger partial charge on any atom is -0.495 e. The number of hydrogen-bond donors (Lipinski definition) is 3. The van der Waals surface area contributed by atoms with Crippen molar-refractivity contribution in [3.8, 4) is 5.75 Å². The smallest absolute Gasteiger partial charge is 0.255 e. The predicted molar refractivity (Wildman–Crippen MR) is 107 cm³/mol. The second kappa shape index (κ2) is 7.76. The van der Waals surface area contributed by atoms with Gasteiger partial charge in [0.1, 0.15) is 5.75 Å². The van der Waals surface area contributed by atoms with Crippen LogP contribution >= 0.6 is 23.8 Å². The van der Waals surface area contributed by atoms with Gasteiger partial charge in [0, 0.05) is 11.4 Å². The van der Waals surface area contributed by atoms with Crippen LogP contribution < -0.4 is 20.7 Å². The fourth-order valence-corrected chi connectivity index (χ4v) is 3.36. The highest BCUT2D eigenvalue weighted by molar-refractivity contribution is 7.80. The summed E-state index contributed by atoms with van der Waals surface area (Å²) in [5.74, 6) is 0.357. The summed E-state index contributed by atoms with van der Waals surface area (Å²) in [6.45, 7) is 1.82. The number of carbonyl (C=O) groups excluding carboxylic acids is 1. The summed E-state index contributed by atoms with van der Waals surface area (Å²) in [4.78, 5) is 12.9. The van der Waals surface area contributed by atoms with Crippen LogP contribution in [0.15, 0.2) is 59.8 Å². The van der Waals surface area contributed by atoms with Crippen molar-refractivity contribution in [1.82, 2.24) is 10.6 Å². The Morgan fingerprint density at radius 1 is 1.23 bits per heavy atom. The number of rotatable bonds is 4. The molecule has 2 aromatic rings. The molecule has 1 amide bonds. The molecule has 7 heteroatoms. The topological polar surface area (TPSA) is 62.4 Å². The number of allylic oxidation sites excluding steroid dienone is 1. The molecule has 1 aliphatic rings. The lowest BCUT2D eigenvalue weighted by atomic mass is 9.94. The van der Waals surface area contributed by atoms with Crippen LogP contribution in [0.2, 0.25) is 5.02 Å². The molecule has 2 aromatic carbocycles. The second-order valence-electron chi connectivity index (χ2n) is 5.78. The van der Waals surface area contributed by atoms with E-state index in [1.165, 1.54) is 0 Å². The molecule has 0 radical (unpaired) electrons. The summed E-state index contributed by atoms with van der Waals surface area (Å²) in [7, 11) is 1.56. The van der Waals surface area contributed by atoms with Crippen LogP contribution in [0.25, 0.3) is 0 Å². The minimum atomic E-state index is -0.420. The lowest BCUT2D eigenvalue weighted by Gasteiger charge is -2.30. The van der Waals surface area contributed by atoms with Crippen molar-refractivity contribution >= 4 is 40.5 Å². The molecule has 134 valence electrons. The van der Waals surface area contributed by atoms with E-state index < -0.39 is 6.04 Å². The average Bonchev–Trinajstić information content (AvgIpc) is 2.61. The van der Waals surface area contributed by atoms with Crippen molar-refractivity contribution in [1.29, 1.82) is 0 Å². The van der Waals surface area contributed by atoms with Crippen molar-refractivity contribution in [2.45, 2.75) is 13.0 Å². The molecule has 0 fully saturated rings. The number of carbonyl (C=O) groups is 1. The maximum Gasteiger partial charge on any atom is 0.255 e. The van der Waals surface area contributed by atoms with Crippen molar-refractivity contribution in [2.75, 3.05) is 12.4 Å². The minimum absolute atomic E-state index is 0.215. The molecule has 0 saturated carbocycles. The number of para-hydroxylation sites is 1. The van der Waals surface area contributed by atoms with Gasteiger partial charge in [-0.2, -0.15) is 0 Å². The van der Waals surface area contributed by atoms with Crippen LogP contribution in [0.4, 0.5) is 5.69 Å². The van der Waals surface area contributed by atoms with E-state index in [2.05, 4.69) is 16.0 Å². The Morgan fingerprint density at radius 3 is 2.62 bits per heavy atom. The van der Waals surface area contributed by atoms with E-state index in [0.29, 0.717) is 27.2 Å². The number of thiocarbonyl (C=S) groups is 1. The van der Waals surface area contributed by atoms with Gasteiger partial charge in [0.05, 0.1) is 23.7 Å². The molecule has 0 unspecified atom stereocenters. The summed E-state index contributed by atoms with van der Waals surface area (Å²) >= 11 is 11.5. The first-order valence-electron chi connectivity index (χ1n) is 7.97. The predicted octanol–water partition coefficient (Wildman–Crippen LogP) is 3.78. The maximum atomic E-state index is 12.9. The third-order valence-corrected chi connectivity index (χ3v) is 4.57. The molecular weight excluding hydrogens is 370 g/mol. The Balaban J connectivity index is 1.96. The van der Waals surface area contributed by atoms with E-state index in [0.717, 1.165) is 11.3 Å². The molecule has 0 spiro atoms. The first kappa shape index (κ1) is 18.2. The Bertz CT molecular complexity index is 884. The van der Waals surface area contributed by atoms with Crippen LogP contribution in [-0.2, 0) is 4.79 Å². The molecule has 3 rings (SSSR count). The Labute approximate surface area is 162 Å². The van der Waals surface area contributed by atoms with Crippen molar-refractivity contribution in [3.63, 3.8) is 0 Å². The van der Waals surface area contributed by atoms with E-state index in [1.54, 1.807) is 19.2 Å². The molecule has 5 nitrogen and oxygen atoms in total. The number of amides is 1. The van der Waals surface area contributed by atoms with E-state index in [1.807, 2.05) is 43.3 Å². The molecule has 3 N–H and O–H groups in total. The van der Waals surface area contributed by atoms with Crippen LogP contribution in [0, 0.1) is 0 Å².